The second-order valence-corrected chi connectivity index (χ2v) is 5.39. The zero-order valence-electron chi connectivity index (χ0n) is 12.4. The van der Waals surface area contributed by atoms with Crippen molar-refractivity contribution in [1.29, 1.82) is 0 Å². The third-order valence-corrected chi connectivity index (χ3v) is 3.73. The van der Waals surface area contributed by atoms with E-state index in [1.165, 1.54) is 30.5 Å². The number of carbonyl (C=O) groups is 2. The first-order valence-electron chi connectivity index (χ1n) is 6.71. The molecule has 10 heteroatoms. The molecule has 0 atom stereocenters. The average molecular weight is 381 g/mol. The van der Waals surface area contributed by atoms with Gasteiger partial charge in [-0.25, -0.2) is 5.43 Å². The lowest BCUT2D eigenvalue weighted by Crippen LogP contribution is -2.32. The number of nitrogens with zero attached hydrogens (tertiary/aromatic N) is 2. The number of non-ortho nitro benzene ring substituents is 1. The molecular formula is C15H10Cl2N4O4. The van der Waals surface area contributed by atoms with E-state index in [1.54, 1.807) is 18.2 Å². The summed E-state index contributed by atoms with van der Waals surface area (Å²) in [5.41, 5.74) is 2.59. The fourth-order valence-corrected chi connectivity index (χ4v) is 2.04. The normalized spacial score (nSPS) is 10.5. The predicted molar refractivity (Wildman–Crippen MR) is 93.9 cm³/mol. The molecule has 0 aromatic heterocycles. The molecule has 0 saturated carbocycles. The summed E-state index contributed by atoms with van der Waals surface area (Å²) in [6, 6.07) is 9.88. The Morgan fingerprint density at radius 2 is 1.76 bits per heavy atom. The maximum Gasteiger partial charge on any atom is 0.329 e. The van der Waals surface area contributed by atoms with Crippen LogP contribution in [-0.4, -0.2) is 23.0 Å². The van der Waals surface area contributed by atoms with Crippen LogP contribution in [0.15, 0.2) is 47.6 Å². The first-order chi connectivity index (χ1) is 11.9. The molecule has 2 rings (SSSR count). The minimum absolute atomic E-state index is 0.134. The Morgan fingerprint density at radius 3 is 2.40 bits per heavy atom. The maximum absolute atomic E-state index is 11.7. The second kappa shape index (κ2) is 8.22. The highest BCUT2D eigenvalue weighted by Gasteiger charge is 2.13. The maximum atomic E-state index is 11.7. The summed E-state index contributed by atoms with van der Waals surface area (Å²) in [4.78, 5) is 33.3. The van der Waals surface area contributed by atoms with Gasteiger partial charge in [-0.15, -0.1) is 0 Å². The van der Waals surface area contributed by atoms with Crippen molar-refractivity contribution < 1.29 is 14.5 Å². The molecule has 0 aliphatic carbocycles. The van der Waals surface area contributed by atoms with E-state index in [4.69, 9.17) is 23.2 Å². The van der Waals surface area contributed by atoms with E-state index in [0.29, 0.717) is 10.6 Å². The number of hydrogen-bond acceptors (Lipinski definition) is 5. The summed E-state index contributed by atoms with van der Waals surface area (Å²) in [6.07, 6.45) is 1.24. The van der Waals surface area contributed by atoms with E-state index in [-0.39, 0.29) is 16.4 Å². The van der Waals surface area contributed by atoms with Crippen LogP contribution in [0.25, 0.3) is 0 Å². The monoisotopic (exact) mass is 380 g/mol. The minimum atomic E-state index is -1.02. The van der Waals surface area contributed by atoms with Crippen LogP contribution in [0.1, 0.15) is 5.56 Å². The molecule has 2 aromatic rings. The van der Waals surface area contributed by atoms with Gasteiger partial charge >= 0.3 is 11.8 Å². The molecule has 8 nitrogen and oxygen atoms in total. The number of benzene rings is 2. The van der Waals surface area contributed by atoms with Gasteiger partial charge in [-0.05, 0) is 18.2 Å². The third-order valence-electron chi connectivity index (χ3n) is 2.89. The smallest absolute Gasteiger partial charge is 0.318 e. The topological polar surface area (TPSA) is 114 Å². The molecule has 0 bridgehead atoms. The Hall–Kier alpha value is -2.97. The lowest BCUT2D eigenvalue weighted by molar-refractivity contribution is -0.384. The highest BCUT2D eigenvalue weighted by atomic mass is 35.5. The summed E-state index contributed by atoms with van der Waals surface area (Å²) in [5.74, 6) is -2.00. The first kappa shape index (κ1) is 18.4. The Balaban J connectivity index is 1.94. The lowest BCUT2D eigenvalue weighted by Gasteiger charge is -2.03. The molecule has 0 spiro atoms. The van der Waals surface area contributed by atoms with Crippen molar-refractivity contribution in [2.75, 3.05) is 5.32 Å². The molecule has 0 radical (unpaired) electrons. The SMILES string of the molecule is O=C(N/N=C\c1cccc(Cl)c1Cl)C(=O)Nc1ccc([N+](=O)[O-])cc1. The van der Waals surface area contributed by atoms with Crippen molar-refractivity contribution in [3.8, 4) is 0 Å². The molecule has 2 aromatic carbocycles. The number of nitro benzene ring substituents is 1. The van der Waals surface area contributed by atoms with Gasteiger partial charge in [0.25, 0.3) is 5.69 Å². The number of nitrogens with one attached hydrogen (secondary N) is 2. The highest BCUT2D eigenvalue weighted by Crippen LogP contribution is 2.24. The summed E-state index contributed by atoms with van der Waals surface area (Å²) < 4.78 is 0. The number of nitro groups is 1. The van der Waals surface area contributed by atoms with Crippen LogP contribution in [0.4, 0.5) is 11.4 Å². The van der Waals surface area contributed by atoms with Crippen LogP contribution in [0.5, 0.6) is 0 Å². The van der Waals surface area contributed by atoms with E-state index in [2.05, 4.69) is 10.4 Å². The molecular weight excluding hydrogens is 371 g/mol. The Labute approximate surface area is 151 Å². The van der Waals surface area contributed by atoms with Gasteiger partial charge in [0, 0.05) is 23.4 Å². The van der Waals surface area contributed by atoms with Crippen molar-refractivity contribution in [3.63, 3.8) is 0 Å². The van der Waals surface area contributed by atoms with Gasteiger partial charge in [-0.2, -0.15) is 5.10 Å². The van der Waals surface area contributed by atoms with Gasteiger partial charge < -0.3 is 5.32 Å². The average Bonchev–Trinajstić information content (AvgIpc) is 2.59. The van der Waals surface area contributed by atoms with E-state index in [1.807, 2.05) is 5.43 Å². The third kappa shape index (κ3) is 5.00. The van der Waals surface area contributed by atoms with Crippen molar-refractivity contribution in [3.05, 3.63) is 68.2 Å². The van der Waals surface area contributed by atoms with Crippen LogP contribution >= 0.6 is 23.2 Å². The van der Waals surface area contributed by atoms with Gasteiger partial charge in [0.1, 0.15) is 0 Å². The fourth-order valence-electron chi connectivity index (χ4n) is 1.69. The number of halogens is 2. The summed E-state index contributed by atoms with van der Waals surface area (Å²) >= 11 is 11.8. The fraction of sp³-hybridized carbons (Fsp3) is 0. The Kier molecular flexibility index (Phi) is 6.04. The number of amides is 2. The molecule has 0 aliphatic rings. The highest BCUT2D eigenvalue weighted by molar-refractivity contribution is 6.43. The van der Waals surface area contributed by atoms with Crippen LogP contribution in [0, 0.1) is 10.1 Å². The lowest BCUT2D eigenvalue weighted by atomic mass is 10.2. The van der Waals surface area contributed by atoms with E-state index >= 15 is 0 Å². The van der Waals surface area contributed by atoms with Crippen LogP contribution in [0.2, 0.25) is 10.0 Å². The Bertz CT molecular complexity index is 853. The van der Waals surface area contributed by atoms with Crippen molar-refractivity contribution >= 4 is 52.6 Å². The Morgan fingerprint density at radius 1 is 1.08 bits per heavy atom. The van der Waals surface area contributed by atoms with Gasteiger partial charge in [-0.3, -0.25) is 19.7 Å². The zero-order valence-corrected chi connectivity index (χ0v) is 13.9. The molecule has 0 aliphatic heterocycles. The van der Waals surface area contributed by atoms with Crippen LogP contribution in [-0.2, 0) is 9.59 Å². The largest absolute Gasteiger partial charge is 0.329 e. The minimum Gasteiger partial charge on any atom is -0.318 e. The molecule has 0 saturated heterocycles. The number of anilines is 1. The predicted octanol–water partition coefficient (Wildman–Crippen LogP) is 2.99. The zero-order chi connectivity index (χ0) is 18.4. The van der Waals surface area contributed by atoms with Gasteiger partial charge in [0.05, 0.1) is 21.2 Å². The van der Waals surface area contributed by atoms with Crippen molar-refractivity contribution in [1.82, 2.24) is 5.43 Å². The summed E-state index contributed by atoms with van der Waals surface area (Å²) in [6.45, 7) is 0. The van der Waals surface area contributed by atoms with Crippen molar-refractivity contribution in [2.24, 2.45) is 5.10 Å². The molecule has 2 amide bonds. The number of hydrazone groups is 1. The van der Waals surface area contributed by atoms with Crippen molar-refractivity contribution in [2.45, 2.75) is 0 Å². The van der Waals surface area contributed by atoms with Crippen LogP contribution < -0.4 is 10.7 Å². The number of carbonyl (C=O) groups excluding carboxylic acids is 2. The van der Waals surface area contributed by atoms with E-state index in [9.17, 15) is 19.7 Å². The van der Waals surface area contributed by atoms with Gasteiger partial charge in [0.15, 0.2) is 0 Å². The molecule has 0 unspecified atom stereocenters. The molecule has 25 heavy (non-hydrogen) atoms. The number of hydrogen-bond donors (Lipinski definition) is 2. The molecule has 0 heterocycles. The first-order valence-corrected chi connectivity index (χ1v) is 7.47. The van der Waals surface area contributed by atoms with Crippen LogP contribution in [0.3, 0.4) is 0 Å². The quantitative estimate of drug-likeness (QED) is 0.367. The number of rotatable bonds is 4. The standard InChI is InChI=1S/C15H10Cl2N4O4/c16-12-3-1-2-9(13(12)17)8-18-20-15(23)14(22)19-10-4-6-11(7-5-10)21(24)25/h1-8H,(H,19,22)(H,20,23)/b18-8-. The second-order valence-electron chi connectivity index (χ2n) is 4.60. The molecule has 0 fully saturated rings. The van der Waals surface area contributed by atoms with Gasteiger partial charge in [-0.1, -0.05) is 35.3 Å². The summed E-state index contributed by atoms with van der Waals surface area (Å²) in [5, 5.41) is 17.0. The van der Waals surface area contributed by atoms with E-state index in [0.717, 1.165) is 0 Å². The van der Waals surface area contributed by atoms with E-state index < -0.39 is 16.7 Å². The molecule has 128 valence electrons. The molecule has 2 N–H and O–H groups in total. The van der Waals surface area contributed by atoms with Gasteiger partial charge in [0.2, 0.25) is 0 Å². The summed E-state index contributed by atoms with van der Waals surface area (Å²) in [7, 11) is 0.